The van der Waals surface area contributed by atoms with Crippen LogP contribution in [0.2, 0.25) is 0 Å². The Morgan fingerprint density at radius 3 is 2.70 bits per heavy atom. The van der Waals surface area contributed by atoms with Gasteiger partial charge in [0.25, 0.3) is 0 Å². The van der Waals surface area contributed by atoms with Gasteiger partial charge in [0.05, 0.1) is 0 Å². The highest BCUT2D eigenvalue weighted by molar-refractivity contribution is 8.00. The van der Waals surface area contributed by atoms with Crippen LogP contribution >= 0.6 is 11.8 Å². The molecule has 2 saturated carbocycles. The zero-order valence-electron chi connectivity index (χ0n) is 14.4. The van der Waals surface area contributed by atoms with Gasteiger partial charge >= 0.3 is 0 Å². The number of hydrogen-bond donors (Lipinski definition) is 1. The summed E-state index contributed by atoms with van der Waals surface area (Å²) in [6, 6.07) is 0.624. The molecule has 126 valence electrons. The summed E-state index contributed by atoms with van der Waals surface area (Å²) in [5.74, 6) is 3.54. The van der Waals surface area contributed by atoms with E-state index in [-0.39, 0.29) is 0 Å². The zero-order valence-corrected chi connectivity index (χ0v) is 15.2. The van der Waals surface area contributed by atoms with E-state index in [9.17, 15) is 0 Å². The third-order valence-electron chi connectivity index (χ3n) is 6.20. The molecular formula is C19H29N3S. The molecule has 1 aliphatic heterocycles. The Labute approximate surface area is 144 Å². The lowest BCUT2D eigenvalue weighted by Crippen LogP contribution is -2.27. The lowest BCUT2D eigenvalue weighted by atomic mass is 9.75. The molecule has 1 N–H and O–H groups in total. The molecule has 0 radical (unpaired) electrons. The summed E-state index contributed by atoms with van der Waals surface area (Å²) >= 11 is 2.03. The van der Waals surface area contributed by atoms with Gasteiger partial charge in [-0.1, -0.05) is 33.1 Å². The molecule has 1 aromatic heterocycles. The third kappa shape index (κ3) is 3.11. The molecule has 0 aromatic carbocycles. The van der Waals surface area contributed by atoms with Crippen LogP contribution in [0.4, 0.5) is 5.82 Å². The van der Waals surface area contributed by atoms with Gasteiger partial charge in [-0.25, -0.2) is 9.97 Å². The molecule has 1 aromatic rings. The van der Waals surface area contributed by atoms with Gasteiger partial charge in [0.1, 0.15) is 17.2 Å². The molecule has 0 bridgehead atoms. The second-order valence-corrected chi connectivity index (χ2v) is 9.23. The minimum absolute atomic E-state index is 0.624. The molecule has 0 spiro atoms. The number of nitrogens with zero attached hydrogens (tertiary/aromatic N) is 2. The number of aromatic nitrogens is 2. The van der Waals surface area contributed by atoms with Gasteiger partial charge in [0, 0.05) is 22.8 Å². The number of hydrogen-bond acceptors (Lipinski definition) is 4. The summed E-state index contributed by atoms with van der Waals surface area (Å²) < 4.78 is 0. The number of rotatable bonds is 3. The summed E-state index contributed by atoms with van der Waals surface area (Å²) in [5, 5.41) is 5.78. The molecule has 3 nitrogen and oxygen atoms in total. The average Bonchev–Trinajstić information content (AvgIpc) is 2.94. The van der Waals surface area contributed by atoms with Crippen molar-refractivity contribution in [3.05, 3.63) is 11.9 Å². The SMILES string of the molecule is CC(C)C1CCC2c3c(NC4CCCCC4)ncnc3SC2C1. The molecule has 4 rings (SSSR count). The van der Waals surface area contributed by atoms with Crippen molar-refractivity contribution >= 4 is 17.6 Å². The van der Waals surface area contributed by atoms with Crippen molar-refractivity contribution in [2.24, 2.45) is 11.8 Å². The van der Waals surface area contributed by atoms with Crippen molar-refractivity contribution in [2.45, 2.75) is 87.4 Å². The molecule has 3 aliphatic rings. The van der Waals surface area contributed by atoms with Crippen LogP contribution in [0.25, 0.3) is 0 Å². The van der Waals surface area contributed by atoms with E-state index in [1.54, 1.807) is 6.33 Å². The van der Waals surface area contributed by atoms with E-state index >= 15 is 0 Å². The highest BCUT2D eigenvalue weighted by atomic mass is 32.2. The Balaban J connectivity index is 1.54. The molecule has 0 saturated heterocycles. The van der Waals surface area contributed by atoms with Crippen molar-refractivity contribution in [2.75, 3.05) is 5.32 Å². The Morgan fingerprint density at radius 1 is 1.09 bits per heavy atom. The topological polar surface area (TPSA) is 37.8 Å². The lowest BCUT2D eigenvalue weighted by Gasteiger charge is -2.34. The number of fused-ring (bicyclic) bond motifs is 3. The summed E-state index contributed by atoms with van der Waals surface area (Å²) in [4.78, 5) is 9.27. The highest BCUT2D eigenvalue weighted by Gasteiger charge is 2.41. The normalized spacial score (nSPS) is 31.0. The Kier molecular flexibility index (Phi) is 4.53. The maximum Gasteiger partial charge on any atom is 0.134 e. The first kappa shape index (κ1) is 15.7. The maximum absolute atomic E-state index is 4.65. The van der Waals surface area contributed by atoms with E-state index in [4.69, 9.17) is 0 Å². The quantitative estimate of drug-likeness (QED) is 0.769. The standard InChI is InChI=1S/C19H29N3S/c1-12(2)13-8-9-15-16(10-13)23-19-17(15)18(20-11-21-19)22-14-6-4-3-5-7-14/h11-16H,3-10H2,1-2H3,(H,20,21,22). The molecule has 2 aliphatic carbocycles. The van der Waals surface area contributed by atoms with Crippen LogP contribution in [0, 0.1) is 11.8 Å². The van der Waals surface area contributed by atoms with Crippen molar-refractivity contribution in [3.63, 3.8) is 0 Å². The van der Waals surface area contributed by atoms with Crippen LogP contribution in [0.15, 0.2) is 11.4 Å². The van der Waals surface area contributed by atoms with Crippen LogP contribution in [0.1, 0.15) is 76.7 Å². The monoisotopic (exact) mass is 331 g/mol. The molecule has 4 heteroatoms. The number of anilines is 1. The van der Waals surface area contributed by atoms with Gasteiger partial charge in [0.15, 0.2) is 0 Å². The van der Waals surface area contributed by atoms with Crippen molar-refractivity contribution in [3.8, 4) is 0 Å². The zero-order chi connectivity index (χ0) is 15.8. The minimum Gasteiger partial charge on any atom is -0.367 e. The average molecular weight is 332 g/mol. The fourth-order valence-corrected chi connectivity index (χ4v) is 6.28. The predicted octanol–water partition coefficient (Wildman–Crippen LogP) is 5.24. The van der Waals surface area contributed by atoms with Crippen LogP contribution in [-0.4, -0.2) is 21.3 Å². The summed E-state index contributed by atoms with van der Waals surface area (Å²) in [6.45, 7) is 4.77. The fourth-order valence-electron chi connectivity index (χ4n) is 4.73. The van der Waals surface area contributed by atoms with Crippen molar-refractivity contribution < 1.29 is 0 Å². The minimum atomic E-state index is 0.624. The molecule has 23 heavy (non-hydrogen) atoms. The molecule has 2 heterocycles. The summed E-state index contributed by atoms with van der Waals surface area (Å²) in [7, 11) is 0. The summed E-state index contributed by atoms with van der Waals surface area (Å²) in [6.07, 6.45) is 12.5. The van der Waals surface area contributed by atoms with Crippen LogP contribution < -0.4 is 5.32 Å². The first-order valence-electron chi connectivity index (χ1n) is 9.50. The van der Waals surface area contributed by atoms with Gasteiger partial charge < -0.3 is 5.32 Å². The largest absolute Gasteiger partial charge is 0.367 e. The Morgan fingerprint density at radius 2 is 1.91 bits per heavy atom. The van der Waals surface area contributed by atoms with Gasteiger partial charge in [-0.15, -0.1) is 11.8 Å². The van der Waals surface area contributed by atoms with E-state index in [0.717, 1.165) is 22.9 Å². The smallest absolute Gasteiger partial charge is 0.134 e. The number of thioether (sulfide) groups is 1. The van der Waals surface area contributed by atoms with Gasteiger partial charge in [-0.05, 0) is 43.9 Å². The van der Waals surface area contributed by atoms with E-state index in [1.165, 1.54) is 62.0 Å². The lowest BCUT2D eigenvalue weighted by molar-refractivity contribution is 0.267. The molecule has 3 unspecified atom stereocenters. The van der Waals surface area contributed by atoms with E-state index in [2.05, 4.69) is 29.1 Å². The second-order valence-electron chi connectivity index (χ2n) is 8.00. The van der Waals surface area contributed by atoms with Gasteiger partial charge in [0.2, 0.25) is 0 Å². The molecule has 0 amide bonds. The molecule has 2 fully saturated rings. The van der Waals surface area contributed by atoms with E-state index < -0.39 is 0 Å². The van der Waals surface area contributed by atoms with E-state index in [1.807, 2.05) is 11.8 Å². The first-order chi connectivity index (χ1) is 11.2. The van der Waals surface area contributed by atoms with Crippen LogP contribution in [0.5, 0.6) is 0 Å². The Bertz CT molecular complexity index is 554. The third-order valence-corrected chi connectivity index (χ3v) is 7.57. The van der Waals surface area contributed by atoms with Crippen LogP contribution in [0.3, 0.4) is 0 Å². The fraction of sp³-hybridized carbons (Fsp3) is 0.789. The van der Waals surface area contributed by atoms with E-state index in [0.29, 0.717) is 12.0 Å². The first-order valence-corrected chi connectivity index (χ1v) is 10.4. The van der Waals surface area contributed by atoms with Crippen molar-refractivity contribution in [1.82, 2.24) is 9.97 Å². The number of nitrogens with one attached hydrogen (secondary N) is 1. The summed E-state index contributed by atoms with van der Waals surface area (Å²) in [5.41, 5.74) is 1.45. The highest BCUT2D eigenvalue weighted by Crippen LogP contribution is 2.54. The second kappa shape index (κ2) is 6.62. The van der Waals surface area contributed by atoms with Gasteiger partial charge in [-0.2, -0.15) is 0 Å². The molecule has 3 atom stereocenters. The maximum atomic E-state index is 4.65. The predicted molar refractivity (Wildman–Crippen MR) is 97.1 cm³/mol. The Hall–Kier alpha value is -0.770. The van der Waals surface area contributed by atoms with Crippen molar-refractivity contribution in [1.29, 1.82) is 0 Å². The van der Waals surface area contributed by atoms with Gasteiger partial charge in [-0.3, -0.25) is 0 Å². The van der Waals surface area contributed by atoms with Crippen LogP contribution in [-0.2, 0) is 0 Å². The molecular weight excluding hydrogens is 302 g/mol.